The molecule has 1 amide bonds. The van der Waals surface area contributed by atoms with Crippen LogP contribution in [0.1, 0.15) is 31.7 Å². The maximum atomic E-state index is 12.9. The minimum absolute atomic E-state index is 0.183. The van der Waals surface area contributed by atoms with Crippen LogP contribution in [0.3, 0.4) is 0 Å². The molecule has 0 bridgehead atoms. The summed E-state index contributed by atoms with van der Waals surface area (Å²) < 4.78 is 38.1. The van der Waals surface area contributed by atoms with Crippen molar-refractivity contribution in [3.63, 3.8) is 0 Å². The number of hydrogen-bond acceptors (Lipinski definition) is 5. The molecule has 1 aliphatic heterocycles. The van der Waals surface area contributed by atoms with Gasteiger partial charge in [-0.05, 0) is 62.1 Å². The Morgan fingerprint density at radius 2 is 1.83 bits per heavy atom. The zero-order chi connectivity index (χ0) is 21.6. The summed E-state index contributed by atoms with van der Waals surface area (Å²) in [6.07, 6.45) is 2.30. The Balaban J connectivity index is 1.72. The lowest BCUT2D eigenvalue weighted by atomic mass is 10.1. The van der Waals surface area contributed by atoms with Crippen LogP contribution in [0.5, 0.6) is 11.5 Å². The fourth-order valence-electron chi connectivity index (χ4n) is 3.50. The second-order valence-corrected chi connectivity index (χ2v) is 9.00. The molecule has 0 unspecified atom stereocenters. The largest absolute Gasteiger partial charge is 0.496 e. The average molecular weight is 433 g/mol. The molecule has 2 aromatic carbocycles. The van der Waals surface area contributed by atoms with Crippen molar-refractivity contribution in [2.45, 2.75) is 37.5 Å². The zero-order valence-electron chi connectivity index (χ0n) is 17.4. The Hall–Kier alpha value is -2.58. The number of aryl methyl sites for hydroxylation is 1. The highest BCUT2D eigenvalue weighted by Gasteiger charge is 2.27. The van der Waals surface area contributed by atoms with Gasteiger partial charge in [0.2, 0.25) is 15.9 Å². The van der Waals surface area contributed by atoms with E-state index in [9.17, 15) is 13.2 Å². The monoisotopic (exact) mass is 432 g/mol. The summed E-state index contributed by atoms with van der Waals surface area (Å²) in [6, 6.07) is 12.1. The SMILES string of the molecule is CCOc1ccccc1NC(=O)CCc1cc(S(=O)(=O)N2CCCC2)ccc1OC. The molecule has 7 nitrogen and oxygen atoms in total. The molecule has 1 aliphatic rings. The highest BCUT2D eigenvalue weighted by molar-refractivity contribution is 7.89. The van der Waals surface area contributed by atoms with Crippen molar-refractivity contribution < 1.29 is 22.7 Å². The fraction of sp³-hybridized carbons (Fsp3) is 0.409. The van der Waals surface area contributed by atoms with Crippen LogP contribution in [0.2, 0.25) is 0 Å². The molecular weight excluding hydrogens is 404 g/mol. The van der Waals surface area contributed by atoms with Crippen LogP contribution in [0.4, 0.5) is 5.69 Å². The number of nitrogens with one attached hydrogen (secondary N) is 1. The molecule has 30 heavy (non-hydrogen) atoms. The quantitative estimate of drug-likeness (QED) is 0.656. The van der Waals surface area contributed by atoms with E-state index in [1.165, 1.54) is 11.4 Å². The Morgan fingerprint density at radius 1 is 1.10 bits per heavy atom. The van der Waals surface area contributed by atoms with E-state index in [1.807, 2.05) is 19.1 Å². The number of methoxy groups -OCH3 is 1. The zero-order valence-corrected chi connectivity index (χ0v) is 18.2. The van der Waals surface area contributed by atoms with Gasteiger partial charge in [0, 0.05) is 19.5 Å². The summed E-state index contributed by atoms with van der Waals surface area (Å²) in [4.78, 5) is 12.7. The Morgan fingerprint density at radius 3 is 2.53 bits per heavy atom. The topological polar surface area (TPSA) is 84.9 Å². The molecule has 1 fully saturated rings. The standard InChI is InChI=1S/C22H28N2O5S/c1-3-29-21-9-5-4-8-19(21)23-22(25)13-10-17-16-18(11-12-20(17)28-2)30(26,27)24-14-6-7-15-24/h4-5,8-9,11-12,16H,3,6-7,10,13-15H2,1-2H3,(H,23,25). The predicted octanol–water partition coefficient (Wildman–Crippen LogP) is 3.45. The number of sulfonamides is 1. The minimum atomic E-state index is -3.52. The molecule has 0 aromatic heterocycles. The van der Waals surface area contributed by atoms with Gasteiger partial charge in [0.1, 0.15) is 11.5 Å². The van der Waals surface area contributed by atoms with Crippen LogP contribution in [-0.4, -0.2) is 45.4 Å². The van der Waals surface area contributed by atoms with Crippen molar-refractivity contribution in [1.29, 1.82) is 0 Å². The Bertz CT molecular complexity index is 985. The van der Waals surface area contributed by atoms with Crippen LogP contribution < -0.4 is 14.8 Å². The number of carbonyl (C=O) groups excluding carboxylic acids is 1. The Labute approximate surface area is 178 Å². The van der Waals surface area contributed by atoms with E-state index >= 15 is 0 Å². The van der Waals surface area contributed by atoms with Gasteiger partial charge in [-0.3, -0.25) is 4.79 Å². The normalized spacial score (nSPS) is 14.5. The van der Waals surface area contributed by atoms with Gasteiger partial charge >= 0.3 is 0 Å². The van der Waals surface area contributed by atoms with E-state index in [-0.39, 0.29) is 17.2 Å². The van der Waals surface area contributed by atoms with Gasteiger partial charge in [-0.25, -0.2) is 8.42 Å². The van der Waals surface area contributed by atoms with Crippen molar-refractivity contribution in [3.8, 4) is 11.5 Å². The third-order valence-corrected chi connectivity index (χ3v) is 6.93. The van der Waals surface area contributed by atoms with Gasteiger partial charge in [-0.2, -0.15) is 4.31 Å². The Kier molecular flexibility index (Phi) is 7.33. The highest BCUT2D eigenvalue weighted by Crippen LogP contribution is 2.28. The first-order chi connectivity index (χ1) is 14.5. The van der Waals surface area contributed by atoms with Crippen molar-refractivity contribution in [1.82, 2.24) is 4.31 Å². The highest BCUT2D eigenvalue weighted by atomic mass is 32.2. The fourth-order valence-corrected chi connectivity index (χ4v) is 5.07. The number of rotatable bonds is 9. The van der Waals surface area contributed by atoms with E-state index in [1.54, 1.807) is 30.3 Å². The number of ether oxygens (including phenoxy) is 2. The second-order valence-electron chi connectivity index (χ2n) is 7.06. The number of benzene rings is 2. The van der Waals surface area contributed by atoms with Crippen LogP contribution in [0.25, 0.3) is 0 Å². The molecule has 8 heteroatoms. The van der Waals surface area contributed by atoms with Gasteiger partial charge in [-0.15, -0.1) is 0 Å². The molecule has 1 N–H and O–H groups in total. The van der Waals surface area contributed by atoms with E-state index in [2.05, 4.69) is 5.32 Å². The molecular formula is C22H28N2O5S. The van der Waals surface area contributed by atoms with Crippen molar-refractivity contribution in [2.24, 2.45) is 0 Å². The number of hydrogen-bond donors (Lipinski definition) is 1. The molecule has 0 atom stereocenters. The van der Waals surface area contributed by atoms with Gasteiger partial charge < -0.3 is 14.8 Å². The lowest BCUT2D eigenvalue weighted by Gasteiger charge is -2.17. The molecule has 0 spiro atoms. The van der Waals surface area contributed by atoms with E-state index in [0.717, 1.165) is 12.8 Å². The predicted molar refractivity (Wildman–Crippen MR) is 116 cm³/mol. The average Bonchev–Trinajstić information content (AvgIpc) is 3.29. The number of nitrogens with zero attached hydrogens (tertiary/aromatic N) is 1. The molecule has 3 rings (SSSR count). The van der Waals surface area contributed by atoms with Gasteiger partial charge in [0.05, 0.1) is 24.3 Å². The number of anilines is 1. The first-order valence-corrected chi connectivity index (χ1v) is 11.6. The molecule has 0 aliphatic carbocycles. The minimum Gasteiger partial charge on any atom is -0.496 e. The number of amides is 1. The molecule has 2 aromatic rings. The van der Waals surface area contributed by atoms with Gasteiger partial charge in [0.25, 0.3) is 0 Å². The van der Waals surface area contributed by atoms with Crippen LogP contribution >= 0.6 is 0 Å². The van der Waals surface area contributed by atoms with Gasteiger partial charge in [0.15, 0.2) is 0 Å². The first-order valence-electron chi connectivity index (χ1n) is 10.1. The lowest BCUT2D eigenvalue weighted by Crippen LogP contribution is -2.28. The smallest absolute Gasteiger partial charge is 0.243 e. The van der Waals surface area contributed by atoms with Crippen molar-refractivity contribution in [3.05, 3.63) is 48.0 Å². The van der Waals surface area contributed by atoms with Crippen LogP contribution in [-0.2, 0) is 21.2 Å². The van der Waals surface area contributed by atoms with E-state index in [4.69, 9.17) is 9.47 Å². The summed E-state index contributed by atoms with van der Waals surface area (Å²) >= 11 is 0. The molecule has 0 saturated carbocycles. The third kappa shape index (κ3) is 5.12. The number of para-hydroxylation sites is 2. The van der Waals surface area contributed by atoms with E-state index in [0.29, 0.717) is 48.9 Å². The van der Waals surface area contributed by atoms with E-state index < -0.39 is 10.0 Å². The molecule has 1 saturated heterocycles. The summed E-state index contributed by atoms with van der Waals surface area (Å²) in [7, 11) is -1.99. The summed E-state index contributed by atoms with van der Waals surface area (Å²) in [5.41, 5.74) is 1.30. The van der Waals surface area contributed by atoms with Gasteiger partial charge in [-0.1, -0.05) is 12.1 Å². The van der Waals surface area contributed by atoms with Crippen LogP contribution in [0, 0.1) is 0 Å². The maximum absolute atomic E-state index is 12.9. The summed E-state index contributed by atoms with van der Waals surface area (Å²) in [5.74, 6) is 1.000. The molecule has 0 radical (unpaired) electrons. The second kappa shape index (κ2) is 9.95. The maximum Gasteiger partial charge on any atom is 0.243 e. The summed E-state index contributed by atoms with van der Waals surface area (Å²) in [6.45, 7) is 3.48. The third-order valence-electron chi connectivity index (χ3n) is 5.04. The van der Waals surface area contributed by atoms with Crippen LogP contribution in [0.15, 0.2) is 47.4 Å². The lowest BCUT2D eigenvalue weighted by molar-refractivity contribution is -0.116. The summed E-state index contributed by atoms with van der Waals surface area (Å²) in [5, 5.41) is 2.86. The van der Waals surface area contributed by atoms with Crippen molar-refractivity contribution >= 4 is 21.6 Å². The molecule has 1 heterocycles. The molecule has 162 valence electrons. The van der Waals surface area contributed by atoms with Crippen molar-refractivity contribution in [2.75, 3.05) is 32.1 Å². The first kappa shape index (κ1) is 22.1. The number of carbonyl (C=O) groups is 1.